The van der Waals surface area contributed by atoms with Crippen LogP contribution >= 0.6 is 0 Å². The zero-order valence-corrected chi connectivity index (χ0v) is 6.60. The Morgan fingerprint density at radius 2 is 2.00 bits per heavy atom. The van der Waals surface area contributed by atoms with Crippen molar-refractivity contribution < 1.29 is 14.0 Å². The largest absolute Gasteiger partial charge is 0.318 e. The summed E-state index contributed by atoms with van der Waals surface area (Å²) in [7, 11) is 0. The predicted molar refractivity (Wildman–Crippen MR) is 47.6 cm³/mol. The Balaban J connectivity index is 3.82. The third kappa shape index (κ3) is 1.75. The van der Waals surface area contributed by atoms with Gasteiger partial charge in [0.25, 0.3) is 5.69 Å². The first-order valence-corrected chi connectivity index (χ1v) is 3.22. The standard InChI is InChI=1S/C6H6N4O4/c7-8-5-2-1-4(9(11)12)3-6(5)10(13)14/h1-3,8H,7H2/i1D,2D,3D. The van der Waals surface area contributed by atoms with E-state index in [2.05, 4.69) is 0 Å². The third-order valence-corrected chi connectivity index (χ3v) is 1.29. The monoisotopic (exact) mass is 201 g/mol. The van der Waals surface area contributed by atoms with Crippen molar-refractivity contribution in [3.8, 4) is 0 Å². The van der Waals surface area contributed by atoms with Gasteiger partial charge in [-0.2, -0.15) is 0 Å². The molecule has 0 saturated carbocycles. The molecule has 8 nitrogen and oxygen atoms in total. The number of nitro benzene ring substituents is 2. The highest BCUT2D eigenvalue weighted by molar-refractivity contribution is 5.64. The van der Waals surface area contributed by atoms with E-state index in [1.165, 1.54) is 0 Å². The van der Waals surface area contributed by atoms with Gasteiger partial charge in [-0.25, -0.2) is 0 Å². The van der Waals surface area contributed by atoms with Gasteiger partial charge in [0.1, 0.15) is 5.69 Å². The van der Waals surface area contributed by atoms with Gasteiger partial charge in [0.05, 0.1) is 20.0 Å². The van der Waals surface area contributed by atoms with Crippen LogP contribution in [0.25, 0.3) is 0 Å². The molecule has 0 amide bonds. The summed E-state index contributed by atoms with van der Waals surface area (Å²) in [6, 6.07) is -2.77. The molecule has 0 bridgehead atoms. The Kier molecular flexibility index (Phi) is 1.64. The molecule has 14 heavy (non-hydrogen) atoms. The highest BCUT2D eigenvalue weighted by Crippen LogP contribution is 2.27. The van der Waals surface area contributed by atoms with E-state index in [4.69, 9.17) is 9.95 Å². The van der Waals surface area contributed by atoms with E-state index >= 15 is 0 Å². The normalized spacial score (nSPS) is 12.5. The molecule has 0 aliphatic carbocycles. The first kappa shape index (κ1) is 6.27. The van der Waals surface area contributed by atoms with Crippen LogP contribution in [-0.4, -0.2) is 9.85 Å². The Bertz CT molecular complexity index is 521. The van der Waals surface area contributed by atoms with Crippen LogP contribution in [0.15, 0.2) is 18.1 Å². The van der Waals surface area contributed by atoms with Crippen LogP contribution in [0.5, 0.6) is 0 Å². The molecule has 0 aliphatic heterocycles. The number of rotatable bonds is 3. The zero-order valence-electron chi connectivity index (χ0n) is 9.60. The minimum Gasteiger partial charge on any atom is -0.318 e. The van der Waals surface area contributed by atoms with Gasteiger partial charge < -0.3 is 5.43 Å². The quantitative estimate of drug-likeness (QED) is 0.423. The topological polar surface area (TPSA) is 124 Å². The molecule has 0 heterocycles. The molecule has 0 aliphatic rings. The maximum Gasteiger partial charge on any atom is 0.300 e. The fourth-order valence-electron chi connectivity index (χ4n) is 0.719. The fraction of sp³-hybridized carbons (Fsp3) is 0. The van der Waals surface area contributed by atoms with Gasteiger partial charge in [-0.3, -0.25) is 26.1 Å². The van der Waals surface area contributed by atoms with Crippen LogP contribution in [0, 0.1) is 20.2 Å². The minimum absolute atomic E-state index is 0.601. The number of hydrazine groups is 1. The molecule has 8 heteroatoms. The third-order valence-electron chi connectivity index (χ3n) is 1.29. The molecule has 0 aromatic heterocycles. The first-order chi connectivity index (χ1) is 7.82. The molecule has 74 valence electrons. The van der Waals surface area contributed by atoms with Crippen molar-refractivity contribution in [1.82, 2.24) is 0 Å². The lowest BCUT2D eigenvalue weighted by atomic mass is 10.2. The Hall–Kier alpha value is -2.22. The molecule has 0 fully saturated rings. The van der Waals surface area contributed by atoms with Crippen molar-refractivity contribution in [2.24, 2.45) is 5.84 Å². The van der Waals surface area contributed by atoms with Gasteiger partial charge in [-0.05, 0) is 6.04 Å². The van der Waals surface area contributed by atoms with Gasteiger partial charge in [-0.1, -0.05) is 0 Å². The average Bonchev–Trinajstić information content (AvgIpc) is 2.21. The van der Waals surface area contributed by atoms with Crippen molar-refractivity contribution in [1.29, 1.82) is 0 Å². The van der Waals surface area contributed by atoms with E-state index in [0.29, 0.717) is 0 Å². The number of hydrogen-bond donors (Lipinski definition) is 2. The summed E-state index contributed by atoms with van der Waals surface area (Å²) in [4.78, 5) is 19.1. The lowest BCUT2D eigenvalue weighted by molar-refractivity contribution is -0.393. The lowest BCUT2D eigenvalue weighted by Crippen LogP contribution is -2.09. The number of anilines is 1. The van der Waals surface area contributed by atoms with E-state index in [-0.39, 0.29) is 0 Å². The lowest BCUT2D eigenvalue weighted by Gasteiger charge is -2.00. The van der Waals surface area contributed by atoms with Gasteiger partial charge in [0.2, 0.25) is 0 Å². The summed E-state index contributed by atoms with van der Waals surface area (Å²) in [5.41, 5.74) is -0.896. The Morgan fingerprint density at radius 1 is 1.36 bits per heavy atom. The van der Waals surface area contributed by atoms with Gasteiger partial charge in [0, 0.05) is 6.04 Å². The summed E-state index contributed by atoms with van der Waals surface area (Å²) in [6.45, 7) is 0. The molecule has 1 aromatic carbocycles. The number of nitrogen functional groups attached to an aromatic ring is 1. The summed E-state index contributed by atoms with van der Waals surface area (Å²) < 4.78 is 21.9. The van der Waals surface area contributed by atoms with Gasteiger partial charge in [-0.15, -0.1) is 0 Å². The molecular weight excluding hydrogens is 192 g/mol. The van der Waals surface area contributed by atoms with Crippen LogP contribution in [0.2, 0.25) is 0 Å². The number of hydrogen-bond acceptors (Lipinski definition) is 6. The van der Waals surface area contributed by atoms with Crippen LogP contribution < -0.4 is 11.3 Å². The molecule has 0 atom stereocenters. The second-order valence-electron chi connectivity index (χ2n) is 2.11. The maximum absolute atomic E-state index is 10.7. The highest BCUT2D eigenvalue weighted by atomic mass is 16.6. The molecular formula is C6H6N4O4. The van der Waals surface area contributed by atoms with Crippen molar-refractivity contribution in [3.63, 3.8) is 0 Å². The van der Waals surface area contributed by atoms with E-state index in [0.717, 1.165) is 0 Å². The predicted octanol–water partition coefficient (Wildman–Crippen LogP) is 0.789. The Labute approximate surface area is 81.8 Å². The smallest absolute Gasteiger partial charge is 0.300 e. The second-order valence-corrected chi connectivity index (χ2v) is 2.11. The first-order valence-electron chi connectivity index (χ1n) is 4.72. The molecule has 0 unspecified atom stereocenters. The molecule has 1 rings (SSSR count). The van der Waals surface area contributed by atoms with Gasteiger partial charge >= 0.3 is 5.69 Å². The zero-order chi connectivity index (χ0) is 13.3. The van der Waals surface area contributed by atoms with Crippen LogP contribution in [0.1, 0.15) is 4.11 Å². The second kappa shape index (κ2) is 3.66. The van der Waals surface area contributed by atoms with E-state index < -0.39 is 45.0 Å². The van der Waals surface area contributed by atoms with Crippen molar-refractivity contribution >= 4 is 17.1 Å². The van der Waals surface area contributed by atoms with E-state index in [9.17, 15) is 20.2 Å². The average molecular weight is 201 g/mol. The molecule has 0 spiro atoms. The maximum atomic E-state index is 10.7. The Morgan fingerprint density at radius 3 is 2.43 bits per heavy atom. The van der Waals surface area contributed by atoms with Crippen molar-refractivity contribution in [2.75, 3.05) is 5.43 Å². The number of nitrogens with zero attached hydrogens (tertiary/aromatic N) is 2. The van der Waals surface area contributed by atoms with Gasteiger partial charge in [0.15, 0.2) is 0 Å². The SMILES string of the molecule is [2H]c1c([2H])c([N+](=O)[O-])c([2H])c([N+](=O)[O-])c1NN. The molecule has 1 aromatic rings. The van der Waals surface area contributed by atoms with E-state index in [1.54, 1.807) is 5.43 Å². The summed E-state index contributed by atoms with van der Waals surface area (Å²) in [6.07, 6.45) is 0. The van der Waals surface area contributed by atoms with Crippen molar-refractivity contribution in [2.45, 2.75) is 0 Å². The van der Waals surface area contributed by atoms with E-state index in [1.807, 2.05) is 0 Å². The molecule has 0 radical (unpaired) electrons. The van der Waals surface area contributed by atoms with Crippen LogP contribution in [0.3, 0.4) is 0 Å². The minimum atomic E-state index is -1.12. The fourth-order valence-corrected chi connectivity index (χ4v) is 0.719. The van der Waals surface area contributed by atoms with Crippen LogP contribution in [-0.2, 0) is 0 Å². The summed E-state index contributed by atoms with van der Waals surface area (Å²) in [5, 5.41) is 21.2. The number of nitro groups is 2. The highest BCUT2D eigenvalue weighted by Gasteiger charge is 2.18. The number of benzene rings is 1. The van der Waals surface area contributed by atoms with Crippen molar-refractivity contribution in [3.05, 3.63) is 38.4 Å². The summed E-state index contributed by atoms with van der Waals surface area (Å²) >= 11 is 0. The van der Waals surface area contributed by atoms with Crippen LogP contribution in [0.4, 0.5) is 17.1 Å². The molecule has 3 N–H and O–H groups in total. The molecule has 0 saturated heterocycles. The number of nitrogens with two attached hydrogens (primary N) is 1. The summed E-state index contributed by atoms with van der Waals surface area (Å²) in [5.74, 6) is 4.94. The number of nitrogens with one attached hydrogen (secondary N) is 1.